The number of fused-ring (bicyclic) bond motifs is 2. The molecule has 0 atom stereocenters. The Hall–Kier alpha value is -3.19. The highest BCUT2D eigenvalue weighted by Crippen LogP contribution is 2.31. The van der Waals surface area contributed by atoms with Gasteiger partial charge in [-0.15, -0.1) is 0 Å². The number of hydrogen-bond acceptors (Lipinski definition) is 6. The second-order valence-electron chi connectivity index (χ2n) is 7.50. The van der Waals surface area contributed by atoms with Crippen molar-refractivity contribution in [2.75, 3.05) is 25.6 Å². The summed E-state index contributed by atoms with van der Waals surface area (Å²) in [6, 6.07) is 10.1. The summed E-state index contributed by atoms with van der Waals surface area (Å²) in [7, 11) is 0. The van der Waals surface area contributed by atoms with Crippen molar-refractivity contribution in [2.45, 2.75) is 19.8 Å². The minimum Gasteiger partial charge on any atom is -0.477 e. The summed E-state index contributed by atoms with van der Waals surface area (Å²) in [4.78, 5) is 9.34. The average molecular weight is 389 g/mol. The van der Waals surface area contributed by atoms with Gasteiger partial charge in [0.25, 0.3) is 0 Å². The molecule has 2 N–H and O–H groups in total. The standard InChI is InChI=1S/C22H23N5O2/c1-14-20(23)27-21(26-22(14)29-13-15-6-8-28-9-7-15)18(12-25-27)17-10-16-4-2-3-5-19(16)24-11-17/h2-5,10-12,15H,6-9,13,23H2,1H3. The van der Waals surface area contributed by atoms with Gasteiger partial charge in [0.15, 0.2) is 5.65 Å². The van der Waals surface area contributed by atoms with Gasteiger partial charge < -0.3 is 15.2 Å². The third-order valence-electron chi connectivity index (χ3n) is 5.58. The SMILES string of the molecule is Cc1c(OCC2CCOCC2)nc2c(-c3cnc4ccccc4c3)cnn2c1N. The van der Waals surface area contributed by atoms with Crippen LogP contribution < -0.4 is 10.5 Å². The first-order chi connectivity index (χ1) is 14.2. The van der Waals surface area contributed by atoms with E-state index in [0.29, 0.717) is 29.9 Å². The fourth-order valence-corrected chi connectivity index (χ4v) is 3.75. The minimum absolute atomic E-state index is 0.483. The number of aromatic nitrogens is 4. The van der Waals surface area contributed by atoms with Gasteiger partial charge in [0, 0.05) is 35.9 Å². The van der Waals surface area contributed by atoms with Gasteiger partial charge in [-0.05, 0) is 37.8 Å². The second-order valence-corrected chi connectivity index (χ2v) is 7.50. The lowest BCUT2D eigenvalue weighted by Gasteiger charge is -2.22. The van der Waals surface area contributed by atoms with Crippen LogP contribution >= 0.6 is 0 Å². The molecule has 0 amide bonds. The molecule has 1 aliphatic heterocycles. The van der Waals surface area contributed by atoms with Gasteiger partial charge in [-0.1, -0.05) is 18.2 Å². The van der Waals surface area contributed by atoms with Gasteiger partial charge in [0.05, 0.1) is 23.9 Å². The number of nitrogen functional groups attached to an aromatic ring is 1. The minimum atomic E-state index is 0.483. The molecule has 0 bridgehead atoms. The quantitative estimate of drug-likeness (QED) is 0.573. The first kappa shape index (κ1) is 17.9. The molecule has 0 unspecified atom stereocenters. The molecule has 4 heterocycles. The van der Waals surface area contributed by atoms with E-state index < -0.39 is 0 Å². The molecule has 4 aromatic rings. The van der Waals surface area contributed by atoms with E-state index in [1.54, 1.807) is 10.7 Å². The van der Waals surface area contributed by atoms with Crippen molar-refractivity contribution in [1.29, 1.82) is 0 Å². The van der Waals surface area contributed by atoms with Crippen LogP contribution in [0.15, 0.2) is 42.7 Å². The van der Waals surface area contributed by atoms with Crippen LogP contribution in [-0.4, -0.2) is 39.4 Å². The predicted octanol–water partition coefficient (Wildman–Crippen LogP) is 3.64. The number of nitrogens with zero attached hydrogens (tertiary/aromatic N) is 4. The Morgan fingerprint density at radius 1 is 1.21 bits per heavy atom. The van der Waals surface area contributed by atoms with Gasteiger partial charge in [0.1, 0.15) is 5.82 Å². The monoisotopic (exact) mass is 389 g/mol. The summed E-state index contributed by atoms with van der Waals surface area (Å²) >= 11 is 0. The van der Waals surface area contributed by atoms with E-state index in [-0.39, 0.29) is 0 Å². The Morgan fingerprint density at radius 2 is 2.03 bits per heavy atom. The molecule has 29 heavy (non-hydrogen) atoms. The molecular weight excluding hydrogens is 366 g/mol. The molecule has 0 radical (unpaired) electrons. The molecule has 0 aliphatic carbocycles. The molecule has 0 saturated carbocycles. The lowest BCUT2D eigenvalue weighted by molar-refractivity contribution is 0.0489. The van der Waals surface area contributed by atoms with Crippen LogP contribution in [0.3, 0.4) is 0 Å². The third kappa shape index (κ3) is 3.27. The van der Waals surface area contributed by atoms with Gasteiger partial charge in [-0.3, -0.25) is 4.98 Å². The van der Waals surface area contributed by atoms with E-state index in [0.717, 1.165) is 53.6 Å². The maximum absolute atomic E-state index is 6.35. The predicted molar refractivity (Wildman–Crippen MR) is 112 cm³/mol. The molecule has 148 valence electrons. The number of anilines is 1. The molecular formula is C22H23N5O2. The maximum Gasteiger partial charge on any atom is 0.222 e. The maximum atomic E-state index is 6.35. The molecule has 1 aromatic carbocycles. The molecule has 7 heteroatoms. The van der Waals surface area contributed by atoms with E-state index in [9.17, 15) is 0 Å². The van der Waals surface area contributed by atoms with Crippen LogP contribution in [-0.2, 0) is 4.74 Å². The van der Waals surface area contributed by atoms with Crippen molar-refractivity contribution in [3.63, 3.8) is 0 Å². The van der Waals surface area contributed by atoms with Crippen LogP contribution in [0.25, 0.3) is 27.7 Å². The van der Waals surface area contributed by atoms with E-state index in [4.69, 9.17) is 20.2 Å². The summed E-state index contributed by atoms with van der Waals surface area (Å²) in [5.41, 5.74) is 10.6. The zero-order chi connectivity index (χ0) is 19.8. The molecule has 5 rings (SSSR count). The summed E-state index contributed by atoms with van der Waals surface area (Å²) in [6.45, 7) is 4.13. The van der Waals surface area contributed by atoms with Crippen molar-refractivity contribution in [2.24, 2.45) is 5.92 Å². The Bertz CT molecular complexity index is 1180. The summed E-state index contributed by atoms with van der Waals surface area (Å²) in [6.07, 6.45) is 5.65. The van der Waals surface area contributed by atoms with Crippen LogP contribution in [0.4, 0.5) is 5.82 Å². The topological polar surface area (TPSA) is 87.6 Å². The van der Waals surface area contributed by atoms with Crippen LogP contribution in [0, 0.1) is 12.8 Å². The zero-order valence-electron chi connectivity index (χ0n) is 16.3. The van der Waals surface area contributed by atoms with Crippen molar-refractivity contribution in [1.82, 2.24) is 19.6 Å². The van der Waals surface area contributed by atoms with E-state index in [1.165, 1.54) is 0 Å². The van der Waals surface area contributed by atoms with Gasteiger partial charge in [0.2, 0.25) is 5.88 Å². The Labute approximate surface area is 168 Å². The normalized spacial score (nSPS) is 15.2. The van der Waals surface area contributed by atoms with Crippen LogP contribution in [0.5, 0.6) is 5.88 Å². The van der Waals surface area contributed by atoms with Gasteiger partial charge in [-0.2, -0.15) is 14.6 Å². The average Bonchev–Trinajstić information content (AvgIpc) is 3.19. The number of hydrogen-bond donors (Lipinski definition) is 1. The second kappa shape index (κ2) is 7.33. The highest BCUT2D eigenvalue weighted by molar-refractivity contribution is 5.87. The number of benzene rings is 1. The number of nitrogens with two attached hydrogens (primary N) is 1. The van der Waals surface area contributed by atoms with Crippen molar-refractivity contribution in [3.8, 4) is 17.0 Å². The van der Waals surface area contributed by atoms with Crippen molar-refractivity contribution >= 4 is 22.4 Å². The highest BCUT2D eigenvalue weighted by atomic mass is 16.5. The number of para-hydroxylation sites is 1. The van der Waals surface area contributed by atoms with E-state index in [2.05, 4.69) is 16.1 Å². The van der Waals surface area contributed by atoms with Gasteiger partial charge in [-0.25, -0.2) is 0 Å². The van der Waals surface area contributed by atoms with Crippen LogP contribution in [0.2, 0.25) is 0 Å². The smallest absolute Gasteiger partial charge is 0.222 e. The fourth-order valence-electron chi connectivity index (χ4n) is 3.75. The summed E-state index contributed by atoms with van der Waals surface area (Å²) in [5, 5.41) is 5.53. The Balaban J connectivity index is 1.53. The summed E-state index contributed by atoms with van der Waals surface area (Å²) in [5.74, 6) is 1.59. The molecule has 1 aliphatic rings. The first-order valence-electron chi connectivity index (χ1n) is 9.90. The van der Waals surface area contributed by atoms with Gasteiger partial charge >= 0.3 is 0 Å². The van der Waals surface area contributed by atoms with Crippen LogP contribution in [0.1, 0.15) is 18.4 Å². The van der Waals surface area contributed by atoms with E-state index in [1.807, 2.05) is 37.4 Å². The van der Waals surface area contributed by atoms with E-state index >= 15 is 0 Å². The van der Waals surface area contributed by atoms with Crippen molar-refractivity contribution < 1.29 is 9.47 Å². The lowest BCUT2D eigenvalue weighted by Crippen LogP contribution is -2.22. The molecule has 3 aromatic heterocycles. The Kier molecular flexibility index (Phi) is 4.52. The molecule has 1 saturated heterocycles. The summed E-state index contributed by atoms with van der Waals surface area (Å²) < 4.78 is 13.2. The molecule has 1 fully saturated rings. The largest absolute Gasteiger partial charge is 0.477 e. The van der Waals surface area contributed by atoms with Crippen molar-refractivity contribution in [3.05, 3.63) is 48.3 Å². The number of ether oxygens (including phenoxy) is 2. The molecule has 7 nitrogen and oxygen atoms in total. The number of rotatable bonds is 4. The highest BCUT2D eigenvalue weighted by Gasteiger charge is 2.19. The first-order valence-corrected chi connectivity index (χ1v) is 9.90. The Morgan fingerprint density at radius 3 is 2.90 bits per heavy atom. The fraction of sp³-hybridized carbons (Fsp3) is 0.318. The zero-order valence-corrected chi connectivity index (χ0v) is 16.3. The lowest BCUT2D eigenvalue weighted by atomic mass is 10.0. The third-order valence-corrected chi connectivity index (χ3v) is 5.58. The molecule has 0 spiro atoms. The number of pyridine rings is 1.